The van der Waals surface area contributed by atoms with Crippen molar-refractivity contribution in [1.82, 2.24) is 20.4 Å². The summed E-state index contributed by atoms with van der Waals surface area (Å²) in [4.78, 5) is 43.5. The molecule has 0 fully saturated rings. The van der Waals surface area contributed by atoms with Crippen molar-refractivity contribution in [2.45, 2.75) is 50.7 Å². The molecule has 7 nitrogen and oxygen atoms in total. The molecule has 41 heavy (non-hydrogen) atoms. The average molecular weight is 669 g/mol. The van der Waals surface area contributed by atoms with Crippen LogP contribution in [0.3, 0.4) is 0 Å². The number of likely N-dealkylation sites (N-methyl/N-ethyl adjacent to an activating group) is 3. The number of benzene rings is 3. The molecular weight excluding hydrogens is 627 g/mol. The number of nitrogens with one attached hydrogen (secondary N) is 2. The fourth-order valence-corrected chi connectivity index (χ4v) is 4.97. The standard InChI is InChI=1S/C33H41IN4O3/c1-33(2,36-4)19-9-12-30(39)37(5)29(22-24-13-16-25-10-7-8-11-26(25)20-24)32(41)38(6)28(31(40)35-3)21-23-14-17-27(34)18-15-23/h7-18,20,28-29,36H,19,21-22H2,1-6H3,(H,35,40)/b12-9+/t28-,29-/m1/s1. The van der Waals surface area contributed by atoms with E-state index in [1.807, 2.05) is 73.8 Å². The van der Waals surface area contributed by atoms with Gasteiger partial charge >= 0.3 is 0 Å². The number of halogens is 1. The van der Waals surface area contributed by atoms with Crippen LogP contribution < -0.4 is 10.6 Å². The van der Waals surface area contributed by atoms with Crippen LogP contribution in [-0.4, -0.2) is 73.3 Å². The topological polar surface area (TPSA) is 81.8 Å². The molecule has 3 aromatic carbocycles. The highest BCUT2D eigenvalue weighted by molar-refractivity contribution is 14.1. The molecule has 0 unspecified atom stereocenters. The fraction of sp³-hybridized carbons (Fsp3) is 0.364. The molecule has 0 spiro atoms. The maximum Gasteiger partial charge on any atom is 0.246 e. The van der Waals surface area contributed by atoms with Gasteiger partial charge < -0.3 is 20.4 Å². The van der Waals surface area contributed by atoms with Crippen molar-refractivity contribution in [3.8, 4) is 0 Å². The van der Waals surface area contributed by atoms with Crippen molar-refractivity contribution in [2.75, 3.05) is 28.2 Å². The molecule has 0 saturated heterocycles. The number of amides is 3. The first-order chi connectivity index (χ1) is 19.5. The molecule has 0 saturated carbocycles. The van der Waals surface area contributed by atoms with E-state index in [-0.39, 0.29) is 23.3 Å². The van der Waals surface area contributed by atoms with Crippen LogP contribution in [0.15, 0.2) is 78.9 Å². The molecule has 218 valence electrons. The molecule has 0 aliphatic rings. The van der Waals surface area contributed by atoms with Gasteiger partial charge in [-0.3, -0.25) is 14.4 Å². The second-order valence-corrected chi connectivity index (χ2v) is 12.2. The summed E-state index contributed by atoms with van der Waals surface area (Å²) in [5, 5.41) is 8.10. The summed E-state index contributed by atoms with van der Waals surface area (Å²) >= 11 is 2.24. The Morgan fingerprint density at radius 1 is 0.854 bits per heavy atom. The van der Waals surface area contributed by atoms with Gasteiger partial charge in [-0.2, -0.15) is 0 Å². The smallest absolute Gasteiger partial charge is 0.246 e. The Kier molecular flexibility index (Phi) is 11.5. The summed E-state index contributed by atoms with van der Waals surface area (Å²) in [6.45, 7) is 4.11. The van der Waals surface area contributed by atoms with Gasteiger partial charge in [0.1, 0.15) is 12.1 Å². The van der Waals surface area contributed by atoms with E-state index in [0.717, 1.165) is 25.5 Å². The molecule has 3 rings (SSSR count). The Hall–Kier alpha value is -3.24. The van der Waals surface area contributed by atoms with Crippen molar-refractivity contribution >= 4 is 51.1 Å². The molecule has 0 heterocycles. The van der Waals surface area contributed by atoms with E-state index < -0.39 is 12.1 Å². The third-order valence-corrected chi connectivity index (χ3v) is 8.33. The molecule has 2 atom stereocenters. The second-order valence-electron chi connectivity index (χ2n) is 11.0. The maximum atomic E-state index is 14.2. The third-order valence-electron chi connectivity index (χ3n) is 7.61. The molecule has 0 bridgehead atoms. The van der Waals surface area contributed by atoms with Gasteiger partial charge in [0.25, 0.3) is 0 Å². The number of fused-ring (bicyclic) bond motifs is 1. The van der Waals surface area contributed by atoms with Gasteiger partial charge in [-0.25, -0.2) is 0 Å². The summed E-state index contributed by atoms with van der Waals surface area (Å²) in [6, 6.07) is 20.5. The van der Waals surface area contributed by atoms with Crippen LogP contribution in [-0.2, 0) is 27.2 Å². The van der Waals surface area contributed by atoms with Crippen LogP contribution in [0.5, 0.6) is 0 Å². The van der Waals surface area contributed by atoms with Crippen LogP contribution in [0, 0.1) is 3.57 Å². The Balaban J connectivity index is 1.93. The lowest BCUT2D eigenvalue weighted by atomic mass is 9.98. The van der Waals surface area contributed by atoms with Crippen LogP contribution in [0.25, 0.3) is 10.8 Å². The van der Waals surface area contributed by atoms with E-state index in [1.54, 1.807) is 21.1 Å². The molecular formula is C33H41IN4O3. The van der Waals surface area contributed by atoms with Crippen molar-refractivity contribution < 1.29 is 14.4 Å². The number of hydrogen-bond donors (Lipinski definition) is 2. The number of nitrogens with zero attached hydrogens (tertiary/aromatic N) is 2. The van der Waals surface area contributed by atoms with Crippen molar-refractivity contribution in [3.05, 3.63) is 93.6 Å². The van der Waals surface area contributed by atoms with E-state index in [9.17, 15) is 14.4 Å². The monoisotopic (exact) mass is 668 g/mol. The third kappa shape index (κ3) is 8.87. The SMILES string of the molecule is CNC(=O)[C@@H](Cc1ccc(I)cc1)N(C)C(=O)[C@@H](Cc1ccc2ccccc2c1)N(C)C(=O)/C=C/CC(C)(C)NC. The molecule has 0 aliphatic carbocycles. The first-order valence-electron chi connectivity index (χ1n) is 13.8. The molecule has 0 aliphatic heterocycles. The van der Waals surface area contributed by atoms with Gasteiger partial charge in [0.15, 0.2) is 0 Å². The Morgan fingerprint density at radius 2 is 1.46 bits per heavy atom. The minimum atomic E-state index is -0.806. The predicted octanol–water partition coefficient (Wildman–Crippen LogP) is 4.57. The second kappa shape index (κ2) is 14.6. The number of carbonyl (C=O) groups is 3. The first kappa shape index (κ1) is 32.3. The van der Waals surface area contributed by atoms with Gasteiger partial charge in [-0.15, -0.1) is 0 Å². The molecule has 0 radical (unpaired) electrons. The Morgan fingerprint density at radius 3 is 2.10 bits per heavy atom. The summed E-state index contributed by atoms with van der Waals surface area (Å²) in [5.74, 6) is -0.817. The molecule has 3 amide bonds. The highest BCUT2D eigenvalue weighted by Crippen LogP contribution is 2.20. The lowest BCUT2D eigenvalue weighted by Gasteiger charge is -2.34. The predicted molar refractivity (Wildman–Crippen MR) is 175 cm³/mol. The average Bonchev–Trinajstić information content (AvgIpc) is 2.97. The van der Waals surface area contributed by atoms with E-state index in [4.69, 9.17) is 0 Å². The first-order valence-corrected chi connectivity index (χ1v) is 14.9. The van der Waals surface area contributed by atoms with Gasteiger partial charge in [0.2, 0.25) is 17.7 Å². The molecule has 8 heteroatoms. The zero-order valence-corrected chi connectivity index (χ0v) is 26.9. The highest BCUT2D eigenvalue weighted by Gasteiger charge is 2.34. The fourth-order valence-electron chi connectivity index (χ4n) is 4.61. The normalized spacial score (nSPS) is 13.1. The molecule has 0 aromatic heterocycles. The van der Waals surface area contributed by atoms with Crippen molar-refractivity contribution in [3.63, 3.8) is 0 Å². The quantitative estimate of drug-likeness (QED) is 0.219. The Bertz CT molecular complexity index is 1390. The number of hydrogen-bond acceptors (Lipinski definition) is 4. The maximum absolute atomic E-state index is 14.2. The summed E-state index contributed by atoms with van der Waals surface area (Å²) in [5.41, 5.74) is 1.72. The van der Waals surface area contributed by atoms with E-state index >= 15 is 0 Å². The number of carbonyl (C=O) groups excluding carboxylic acids is 3. The summed E-state index contributed by atoms with van der Waals surface area (Å²) in [7, 11) is 6.75. The molecule has 2 N–H and O–H groups in total. The van der Waals surface area contributed by atoms with Crippen molar-refractivity contribution in [1.29, 1.82) is 0 Å². The number of rotatable bonds is 12. The van der Waals surface area contributed by atoms with Crippen LogP contribution >= 0.6 is 22.6 Å². The summed E-state index contributed by atoms with van der Waals surface area (Å²) < 4.78 is 1.09. The largest absolute Gasteiger partial charge is 0.357 e. The zero-order chi connectivity index (χ0) is 30.2. The molecule has 3 aromatic rings. The summed E-state index contributed by atoms with van der Waals surface area (Å²) in [6.07, 6.45) is 4.69. The zero-order valence-electron chi connectivity index (χ0n) is 24.8. The lowest BCUT2D eigenvalue weighted by molar-refractivity contribution is -0.146. The van der Waals surface area contributed by atoms with Gasteiger partial charge in [0.05, 0.1) is 0 Å². The van der Waals surface area contributed by atoms with Gasteiger partial charge in [-0.1, -0.05) is 60.7 Å². The van der Waals surface area contributed by atoms with E-state index in [1.165, 1.54) is 15.9 Å². The van der Waals surface area contributed by atoms with Gasteiger partial charge in [-0.05, 0) is 90.0 Å². The van der Waals surface area contributed by atoms with Crippen molar-refractivity contribution in [2.24, 2.45) is 0 Å². The van der Waals surface area contributed by atoms with Gasteiger partial charge in [0, 0.05) is 43.1 Å². The highest BCUT2D eigenvalue weighted by atomic mass is 127. The minimum Gasteiger partial charge on any atom is -0.357 e. The van der Waals surface area contributed by atoms with E-state index in [2.05, 4.69) is 53.1 Å². The van der Waals surface area contributed by atoms with Crippen LogP contribution in [0.4, 0.5) is 0 Å². The Labute approximate surface area is 257 Å². The van der Waals surface area contributed by atoms with E-state index in [0.29, 0.717) is 19.3 Å². The van der Waals surface area contributed by atoms with Crippen LogP contribution in [0.1, 0.15) is 31.4 Å². The lowest BCUT2D eigenvalue weighted by Crippen LogP contribution is -2.55. The minimum absolute atomic E-state index is 0.161. The van der Waals surface area contributed by atoms with Crippen LogP contribution in [0.2, 0.25) is 0 Å².